The number of fused-ring (bicyclic) bond motifs is 1. The van der Waals surface area contributed by atoms with Crippen molar-refractivity contribution in [3.8, 4) is 11.8 Å². The van der Waals surface area contributed by atoms with Crippen LogP contribution in [0.5, 0.6) is 0 Å². The molecule has 0 heterocycles. The maximum atomic E-state index is 12.8. The van der Waals surface area contributed by atoms with Crippen LogP contribution in [0.2, 0.25) is 0 Å². The predicted octanol–water partition coefficient (Wildman–Crippen LogP) is 4.51. The molecule has 0 aliphatic heterocycles. The first-order chi connectivity index (χ1) is 12.3. The van der Waals surface area contributed by atoms with Gasteiger partial charge in [-0.15, -0.1) is 0 Å². The maximum absolute atomic E-state index is 12.8. The zero-order valence-corrected chi connectivity index (χ0v) is 14.8. The molecule has 8 heteroatoms. The van der Waals surface area contributed by atoms with E-state index in [0.29, 0.717) is 25.7 Å². The van der Waals surface area contributed by atoms with Crippen LogP contribution < -0.4 is 0 Å². The van der Waals surface area contributed by atoms with E-state index in [4.69, 9.17) is 5.11 Å². The van der Waals surface area contributed by atoms with Crippen molar-refractivity contribution in [2.45, 2.75) is 75.9 Å². The van der Waals surface area contributed by atoms with E-state index in [-0.39, 0.29) is 17.8 Å². The smallest absolute Gasteiger partial charge is 0.393 e. The molecule has 27 heavy (non-hydrogen) atoms. The molecule has 0 aromatic heterocycles. The van der Waals surface area contributed by atoms with Crippen LogP contribution in [-0.2, 0) is 0 Å². The van der Waals surface area contributed by atoms with Crippen LogP contribution in [0.1, 0.15) is 51.9 Å². The van der Waals surface area contributed by atoms with Crippen LogP contribution in [0.25, 0.3) is 0 Å². The summed E-state index contributed by atoms with van der Waals surface area (Å²) in [5.74, 6) is 3.10. The molecule has 3 aliphatic rings. The van der Waals surface area contributed by atoms with Gasteiger partial charge in [0.15, 0.2) is 0 Å². The van der Waals surface area contributed by atoms with Gasteiger partial charge < -0.3 is 10.2 Å². The van der Waals surface area contributed by atoms with E-state index in [1.165, 1.54) is 0 Å². The third kappa shape index (κ3) is 3.17. The Morgan fingerprint density at radius 1 is 1.11 bits per heavy atom. The molecule has 3 unspecified atom stereocenters. The Kier molecular flexibility index (Phi) is 4.68. The number of halogens is 6. The van der Waals surface area contributed by atoms with Crippen LogP contribution in [0.4, 0.5) is 26.3 Å². The third-order valence-electron chi connectivity index (χ3n) is 6.61. The average Bonchev–Trinajstić information content (AvgIpc) is 3.19. The highest BCUT2D eigenvalue weighted by Crippen LogP contribution is 2.66. The molecule has 152 valence electrons. The predicted molar refractivity (Wildman–Crippen MR) is 85.3 cm³/mol. The lowest BCUT2D eigenvalue weighted by Gasteiger charge is -2.44. The molecule has 2 N–H and O–H groups in total. The standard InChI is InChI=1S/C19H22F6O2/c1-15-7-2-4-13(26)12(15)5-6-14(15)16(10-11-16)8-3-9-17(27,18(20,21)22)19(23,24)25/h6,12-13,26-27H,2,4-5,7-8,10-11H2,1H3. The monoisotopic (exact) mass is 396 g/mol. The number of hydrogen-bond acceptors (Lipinski definition) is 2. The lowest BCUT2D eigenvalue weighted by atomic mass is 9.62. The zero-order chi connectivity index (χ0) is 20.3. The summed E-state index contributed by atoms with van der Waals surface area (Å²) < 4.78 is 76.5. The molecule has 0 amide bonds. The zero-order valence-electron chi connectivity index (χ0n) is 14.8. The Morgan fingerprint density at radius 3 is 2.22 bits per heavy atom. The fourth-order valence-corrected chi connectivity index (χ4v) is 4.88. The Labute approximate surface area is 153 Å². The Balaban J connectivity index is 1.83. The van der Waals surface area contributed by atoms with E-state index in [1.807, 2.05) is 18.9 Å². The Morgan fingerprint density at radius 2 is 1.70 bits per heavy atom. The van der Waals surface area contributed by atoms with Gasteiger partial charge in [-0.05, 0) is 55.8 Å². The van der Waals surface area contributed by atoms with E-state index in [9.17, 15) is 31.4 Å². The maximum Gasteiger partial charge on any atom is 0.438 e. The lowest BCUT2D eigenvalue weighted by molar-refractivity contribution is -0.343. The molecule has 2 nitrogen and oxygen atoms in total. The summed E-state index contributed by atoms with van der Waals surface area (Å²) in [6.45, 7) is 2.02. The van der Waals surface area contributed by atoms with Gasteiger partial charge in [-0.25, -0.2) is 0 Å². The normalized spacial score (nSPS) is 33.0. The highest BCUT2D eigenvalue weighted by molar-refractivity contribution is 5.37. The average molecular weight is 396 g/mol. The Hall–Kier alpha value is -1.20. The van der Waals surface area contributed by atoms with Crippen molar-refractivity contribution in [1.29, 1.82) is 0 Å². The minimum Gasteiger partial charge on any atom is -0.393 e. The minimum absolute atomic E-state index is 0.0361. The van der Waals surface area contributed by atoms with Gasteiger partial charge in [0.2, 0.25) is 0 Å². The van der Waals surface area contributed by atoms with Gasteiger partial charge in [0.05, 0.1) is 6.10 Å². The number of hydrogen-bond donors (Lipinski definition) is 2. The second-order valence-electron chi connectivity index (χ2n) is 8.30. The largest absolute Gasteiger partial charge is 0.438 e. The Bertz CT molecular complexity index is 678. The van der Waals surface area contributed by atoms with E-state index in [2.05, 4.69) is 0 Å². The molecule has 0 aromatic rings. The molecule has 2 fully saturated rings. The molecule has 0 radical (unpaired) electrons. The first-order valence-electron chi connectivity index (χ1n) is 9.02. The van der Waals surface area contributed by atoms with Crippen molar-refractivity contribution < 1.29 is 36.6 Å². The van der Waals surface area contributed by atoms with Crippen LogP contribution >= 0.6 is 0 Å². The number of allylic oxidation sites excluding steroid dienone is 2. The quantitative estimate of drug-likeness (QED) is 0.410. The molecule has 0 aromatic carbocycles. The lowest BCUT2D eigenvalue weighted by Crippen LogP contribution is -2.55. The summed E-state index contributed by atoms with van der Waals surface area (Å²) in [6.07, 6.45) is -6.14. The molecule has 0 bridgehead atoms. The fraction of sp³-hybridized carbons (Fsp3) is 0.789. The molecule has 0 spiro atoms. The van der Waals surface area contributed by atoms with Crippen molar-refractivity contribution in [2.24, 2.45) is 16.7 Å². The van der Waals surface area contributed by atoms with E-state index >= 15 is 0 Å². The highest BCUT2D eigenvalue weighted by atomic mass is 19.4. The summed E-state index contributed by atoms with van der Waals surface area (Å²) in [4.78, 5) is 0. The minimum atomic E-state index is -5.92. The second kappa shape index (κ2) is 6.15. The molecular weight excluding hydrogens is 374 g/mol. The van der Waals surface area contributed by atoms with Gasteiger partial charge >= 0.3 is 18.0 Å². The van der Waals surface area contributed by atoms with Gasteiger partial charge in [0.1, 0.15) is 0 Å². The van der Waals surface area contributed by atoms with Crippen molar-refractivity contribution in [3.63, 3.8) is 0 Å². The molecule has 0 saturated heterocycles. The molecule has 3 aliphatic carbocycles. The number of alkyl halides is 6. The van der Waals surface area contributed by atoms with E-state index in [0.717, 1.165) is 24.3 Å². The topological polar surface area (TPSA) is 40.5 Å². The summed E-state index contributed by atoms with van der Waals surface area (Å²) >= 11 is 0. The molecular formula is C19H22F6O2. The van der Waals surface area contributed by atoms with Crippen LogP contribution in [-0.4, -0.2) is 34.3 Å². The van der Waals surface area contributed by atoms with Crippen molar-refractivity contribution in [3.05, 3.63) is 11.6 Å². The summed E-state index contributed by atoms with van der Waals surface area (Å²) in [5, 5.41) is 19.4. The fourth-order valence-electron chi connectivity index (χ4n) is 4.88. The first kappa shape index (κ1) is 20.5. The first-order valence-corrected chi connectivity index (χ1v) is 9.02. The molecule has 2 saturated carbocycles. The SMILES string of the molecule is CC12CCCC(O)C1CC=C2C1(CC#CC(O)(C(F)(F)F)C(F)(F)F)CC1. The van der Waals surface area contributed by atoms with E-state index < -0.39 is 29.5 Å². The summed E-state index contributed by atoms with van der Waals surface area (Å²) in [6, 6.07) is 0. The summed E-state index contributed by atoms with van der Waals surface area (Å²) in [5.41, 5.74) is -4.84. The number of rotatable bonds is 2. The van der Waals surface area contributed by atoms with Gasteiger partial charge in [0, 0.05) is 11.8 Å². The van der Waals surface area contributed by atoms with Crippen molar-refractivity contribution in [1.82, 2.24) is 0 Å². The van der Waals surface area contributed by atoms with Gasteiger partial charge in [0.25, 0.3) is 0 Å². The molecule has 3 rings (SSSR count). The highest BCUT2D eigenvalue weighted by Gasteiger charge is 2.70. The van der Waals surface area contributed by atoms with Crippen LogP contribution in [0, 0.1) is 28.6 Å². The van der Waals surface area contributed by atoms with Crippen molar-refractivity contribution >= 4 is 0 Å². The second-order valence-corrected chi connectivity index (χ2v) is 8.30. The number of aliphatic hydroxyl groups is 2. The van der Waals surface area contributed by atoms with Crippen molar-refractivity contribution in [2.75, 3.05) is 0 Å². The van der Waals surface area contributed by atoms with Crippen LogP contribution in [0.15, 0.2) is 11.6 Å². The van der Waals surface area contributed by atoms with Crippen LogP contribution in [0.3, 0.4) is 0 Å². The van der Waals surface area contributed by atoms with Gasteiger partial charge in [-0.3, -0.25) is 0 Å². The van der Waals surface area contributed by atoms with Gasteiger partial charge in [-0.2, -0.15) is 26.3 Å². The summed E-state index contributed by atoms with van der Waals surface area (Å²) in [7, 11) is 0. The number of aliphatic hydroxyl groups excluding tert-OH is 1. The van der Waals surface area contributed by atoms with E-state index in [1.54, 1.807) is 0 Å². The third-order valence-corrected chi connectivity index (χ3v) is 6.61. The van der Waals surface area contributed by atoms with Gasteiger partial charge in [-0.1, -0.05) is 24.5 Å². The molecule has 3 atom stereocenters.